The Morgan fingerprint density at radius 2 is 1.70 bits per heavy atom. The Hall–Kier alpha value is -2.76. The van der Waals surface area contributed by atoms with Gasteiger partial charge >= 0.3 is 11.9 Å². The fourth-order valence-corrected chi connectivity index (χ4v) is 1.99. The van der Waals surface area contributed by atoms with Gasteiger partial charge in [-0.25, -0.2) is 8.78 Å². The van der Waals surface area contributed by atoms with Crippen molar-refractivity contribution < 1.29 is 28.2 Å². The van der Waals surface area contributed by atoms with Crippen LogP contribution in [0, 0.1) is 11.6 Å². The van der Waals surface area contributed by atoms with Crippen LogP contribution in [0.3, 0.4) is 0 Å². The van der Waals surface area contributed by atoms with Crippen LogP contribution >= 0.6 is 0 Å². The van der Waals surface area contributed by atoms with Crippen LogP contribution in [0.1, 0.15) is 19.3 Å². The van der Waals surface area contributed by atoms with Gasteiger partial charge in [-0.15, -0.1) is 0 Å². The van der Waals surface area contributed by atoms with E-state index in [0.29, 0.717) is 5.56 Å². The smallest absolute Gasteiger partial charge is 0.311 e. The normalized spacial score (nSPS) is 10.3. The molecule has 1 N–H and O–H groups in total. The maximum atomic E-state index is 14.1. The van der Waals surface area contributed by atoms with Gasteiger partial charge < -0.3 is 9.84 Å². The van der Waals surface area contributed by atoms with E-state index in [1.165, 1.54) is 36.4 Å². The zero-order chi connectivity index (χ0) is 16.8. The van der Waals surface area contributed by atoms with Crippen molar-refractivity contribution in [2.45, 2.75) is 19.3 Å². The van der Waals surface area contributed by atoms with Gasteiger partial charge in [-0.05, 0) is 36.2 Å². The molecule has 0 aliphatic rings. The van der Waals surface area contributed by atoms with Gasteiger partial charge in [0.25, 0.3) is 0 Å². The van der Waals surface area contributed by atoms with Crippen molar-refractivity contribution in [2.24, 2.45) is 0 Å². The van der Waals surface area contributed by atoms with Gasteiger partial charge in [0.2, 0.25) is 0 Å². The fraction of sp³-hybridized carbons (Fsp3) is 0.176. The summed E-state index contributed by atoms with van der Waals surface area (Å²) in [5.74, 6) is -2.60. The molecule has 0 saturated heterocycles. The lowest BCUT2D eigenvalue weighted by atomic mass is 10.1. The standard InChI is InChI=1S/C17H14F2O4/c18-12-6-4-11(5-7-12)14-9-8-13(10-15(14)19)23-17(22)3-1-2-16(20)21/h4-10H,1-3H2,(H,20,21). The lowest BCUT2D eigenvalue weighted by molar-refractivity contribution is -0.137. The quantitative estimate of drug-likeness (QED) is 0.649. The number of rotatable bonds is 6. The van der Waals surface area contributed by atoms with Crippen molar-refractivity contribution >= 4 is 11.9 Å². The van der Waals surface area contributed by atoms with E-state index in [9.17, 15) is 18.4 Å². The highest BCUT2D eigenvalue weighted by atomic mass is 19.1. The van der Waals surface area contributed by atoms with Crippen molar-refractivity contribution in [1.29, 1.82) is 0 Å². The number of ether oxygens (including phenoxy) is 1. The maximum absolute atomic E-state index is 14.1. The molecule has 23 heavy (non-hydrogen) atoms. The Bertz CT molecular complexity index is 711. The first-order valence-corrected chi connectivity index (χ1v) is 6.93. The minimum absolute atomic E-state index is 0.0358. The largest absolute Gasteiger partial charge is 0.481 e. The molecule has 0 amide bonds. The average Bonchev–Trinajstić information content (AvgIpc) is 2.48. The first kappa shape index (κ1) is 16.6. The molecule has 2 aromatic carbocycles. The molecule has 0 aromatic heterocycles. The predicted octanol–water partition coefficient (Wildman–Crippen LogP) is 3.79. The molecule has 0 radical (unpaired) electrons. The second kappa shape index (κ2) is 7.49. The second-order valence-corrected chi connectivity index (χ2v) is 4.87. The lowest BCUT2D eigenvalue weighted by Gasteiger charge is -2.07. The van der Waals surface area contributed by atoms with Crippen molar-refractivity contribution in [3.05, 3.63) is 54.1 Å². The fourth-order valence-electron chi connectivity index (χ4n) is 1.99. The molecule has 0 aliphatic carbocycles. The molecular formula is C17H14F2O4. The van der Waals surface area contributed by atoms with Gasteiger partial charge in [-0.2, -0.15) is 0 Å². The molecular weight excluding hydrogens is 306 g/mol. The van der Waals surface area contributed by atoms with Crippen molar-refractivity contribution in [1.82, 2.24) is 0 Å². The number of benzene rings is 2. The number of aliphatic carboxylic acids is 1. The lowest BCUT2D eigenvalue weighted by Crippen LogP contribution is -2.09. The van der Waals surface area contributed by atoms with Crippen LogP contribution in [-0.2, 0) is 9.59 Å². The topological polar surface area (TPSA) is 63.6 Å². The molecule has 6 heteroatoms. The van der Waals surface area contributed by atoms with Crippen LogP contribution < -0.4 is 4.74 Å². The molecule has 0 saturated carbocycles. The minimum Gasteiger partial charge on any atom is -0.481 e. The SMILES string of the molecule is O=C(O)CCCC(=O)Oc1ccc(-c2ccc(F)cc2)c(F)c1. The van der Waals surface area contributed by atoms with Gasteiger partial charge in [-0.3, -0.25) is 9.59 Å². The second-order valence-electron chi connectivity index (χ2n) is 4.87. The predicted molar refractivity (Wildman–Crippen MR) is 78.9 cm³/mol. The van der Waals surface area contributed by atoms with E-state index in [-0.39, 0.29) is 30.6 Å². The molecule has 0 aliphatic heterocycles. The summed E-state index contributed by atoms with van der Waals surface area (Å²) in [4.78, 5) is 21.9. The van der Waals surface area contributed by atoms with Gasteiger partial charge in [-0.1, -0.05) is 12.1 Å². The highest BCUT2D eigenvalue weighted by Crippen LogP contribution is 2.26. The first-order valence-electron chi connectivity index (χ1n) is 6.93. The highest BCUT2D eigenvalue weighted by Gasteiger charge is 2.10. The maximum Gasteiger partial charge on any atom is 0.311 e. The Balaban J connectivity index is 2.03. The number of carboxylic acid groups (broad SMARTS) is 1. The zero-order valence-electron chi connectivity index (χ0n) is 12.1. The van der Waals surface area contributed by atoms with E-state index < -0.39 is 23.6 Å². The van der Waals surface area contributed by atoms with Gasteiger partial charge in [0, 0.05) is 24.5 Å². The number of esters is 1. The van der Waals surface area contributed by atoms with Gasteiger partial charge in [0.15, 0.2) is 0 Å². The van der Waals surface area contributed by atoms with Crippen LogP contribution in [-0.4, -0.2) is 17.0 Å². The molecule has 0 unspecified atom stereocenters. The third-order valence-electron chi connectivity index (χ3n) is 3.10. The highest BCUT2D eigenvalue weighted by molar-refractivity contribution is 5.74. The number of carboxylic acids is 1. The summed E-state index contributed by atoms with van der Waals surface area (Å²) < 4.78 is 31.9. The number of carbonyl (C=O) groups is 2. The number of halogens is 2. The van der Waals surface area contributed by atoms with E-state index in [1.807, 2.05) is 0 Å². The summed E-state index contributed by atoms with van der Waals surface area (Å²) in [7, 11) is 0. The molecule has 0 heterocycles. The van der Waals surface area contributed by atoms with Crippen LogP contribution in [0.2, 0.25) is 0 Å². The number of carbonyl (C=O) groups excluding carboxylic acids is 1. The summed E-state index contributed by atoms with van der Waals surface area (Å²) in [5.41, 5.74) is 0.763. The molecule has 2 aromatic rings. The van der Waals surface area contributed by atoms with Gasteiger partial charge in [0.05, 0.1) is 0 Å². The van der Waals surface area contributed by atoms with E-state index in [0.717, 1.165) is 6.07 Å². The molecule has 0 fully saturated rings. The molecule has 0 atom stereocenters. The van der Waals surface area contributed by atoms with E-state index in [1.54, 1.807) is 0 Å². The first-order chi connectivity index (χ1) is 11.0. The van der Waals surface area contributed by atoms with Crippen LogP contribution in [0.25, 0.3) is 11.1 Å². The van der Waals surface area contributed by atoms with Gasteiger partial charge in [0.1, 0.15) is 17.4 Å². The van der Waals surface area contributed by atoms with Crippen molar-refractivity contribution in [3.63, 3.8) is 0 Å². The van der Waals surface area contributed by atoms with E-state index in [2.05, 4.69) is 0 Å². The van der Waals surface area contributed by atoms with E-state index >= 15 is 0 Å². The Kier molecular flexibility index (Phi) is 5.41. The third-order valence-corrected chi connectivity index (χ3v) is 3.10. The Morgan fingerprint density at radius 1 is 1.00 bits per heavy atom. The zero-order valence-corrected chi connectivity index (χ0v) is 12.1. The summed E-state index contributed by atoms with van der Waals surface area (Å²) in [6, 6.07) is 9.28. The molecule has 2 rings (SSSR count). The molecule has 120 valence electrons. The van der Waals surface area contributed by atoms with Crippen LogP contribution in [0.15, 0.2) is 42.5 Å². The third kappa shape index (κ3) is 4.88. The Labute approximate surface area is 131 Å². The Morgan fingerprint density at radius 3 is 2.30 bits per heavy atom. The average molecular weight is 320 g/mol. The number of hydrogen-bond acceptors (Lipinski definition) is 3. The summed E-state index contributed by atoms with van der Waals surface area (Å²) >= 11 is 0. The van der Waals surface area contributed by atoms with Crippen LogP contribution in [0.4, 0.5) is 8.78 Å². The van der Waals surface area contributed by atoms with Crippen LogP contribution in [0.5, 0.6) is 5.75 Å². The number of hydrogen-bond donors (Lipinski definition) is 1. The minimum atomic E-state index is -0.993. The summed E-state index contributed by atoms with van der Waals surface area (Å²) in [6.07, 6.45) is -0.0368. The molecule has 0 bridgehead atoms. The molecule has 0 spiro atoms. The van der Waals surface area contributed by atoms with E-state index in [4.69, 9.17) is 9.84 Å². The van der Waals surface area contributed by atoms with Crippen molar-refractivity contribution in [3.8, 4) is 16.9 Å². The summed E-state index contributed by atoms with van der Waals surface area (Å²) in [5, 5.41) is 8.48. The molecule has 4 nitrogen and oxygen atoms in total. The summed E-state index contributed by atoms with van der Waals surface area (Å²) in [6.45, 7) is 0. The monoisotopic (exact) mass is 320 g/mol. The van der Waals surface area contributed by atoms with Crippen molar-refractivity contribution in [2.75, 3.05) is 0 Å².